The van der Waals surface area contributed by atoms with Gasteiger partial charge in [0.15, 0.2) is 11.0 Å². The third-order valence-electron chi connectivity index (χ3n) is 5.79. The summed E-state index contributed by atoms with van der Waals surface area (Å²) in [6.07, 6.45) is -0.513. The van der Waals surface area contributed by atoms with Gasteiger partial charge in [0.1, 0.15) is 17.8 Å². The summed E-state index contributed by atoms with van der Waals surface area (Å²) in [6.45, 7) is 3.39. The van der Waals surface area contributed by atoms with E-state index in [4.69, 9.17) is 4.74 Å². The van der Waals surface area contributed by atoms with Gasteiger partial charge in [0.25, 0.3) is 0 Å². The molecule has 1 saturated heterocycles. The number of rotatable bonds is 8. The molecule has 3 aromatic carbocycles. The second-order valence-electron chi connectivity index (χ2n) is 8.56. The number of hydrogen-bond donors (Lipinski definition) is 0. The Morgan fingerprint density at radius 1 is 1.02 bits per heavy atom. The molecule has 4 aromatic rings. The summed E-state index contributed by atoms with van der Waals surface area (Å²) in [5.41, 5.74) is 3.16. The van der Waals surface area contributed by atoms with Crippen molar-refractivity contribution in [2.75, 3.05) is 23.8 Å². The zero-order valence-corrected chi connectivity index (χ0v) is 22.3. The van der Waals surface area contributed by atoms with Crippen molar-refractivity contribution in [3.63, 3.8) is 0 Å². The molecule has 0 saturated carbocycles. The minimum absolute atomic E-state index is 0.302. The zero-order valence-electron chi connectivity index (χ0n) is 21.5. The van der Waals surface area contributed by atoms with E-state index in [9.17, 15) is 13.2 Å². The van der Waals surface area contributed by atoms with Crippen LogP contribution in [0.2, 0.25) is 0 Å². The highest BCUT2D eigenvalue weighted by Gasteiger charge is 2.31. The molecule has 0 unspecified atom stereocenters. The van der Waals surface area contributed by atoms with Crippen LogP contribution in [0.1, 0.15) is 18.9 Å². The Bertz CT molecular complexity index is 1490. The van der Waals surface area contributed by atoms with Crippen LogP contribution in [-0.4, -0.2) is 51.4 Å². The Balaban J connectivity index is 1.26. The van der Waals surface area contributed by atoms with Crippen molar-refractivity contribution in [2.24, 2.45) is 10.2 Å². The number of hydrogen-bond acceptors (Lipinski definition) is 7. The number of halogens is 3. The van der Waals surface area contributed by atoms with Crippen LogP contribution in [-0.2, 0) is 0 Å². The van der Waals surface area contributed by atoms with Crippen molar-refractivity contribution in [3.05, 3.63) is 84.7 Å². The summed E-state index contributed by atoms with van der Waals surface area (Å²) in [7, 11) is 0. The van der Waals surface area contributed by atoms with Crippen molar-refractivity contribution < 1.29 is 22.6 Å². The molecule has 1 aliphatic heterocycles. The van der Waals surface area contributed by atoms with Gasteiger partial charge in [0.2, 0.25) is 0 Å². The highest BCUT2D eigenvalue weighted by atomic mass is 32.2. The predicted octanol–water partition coefficient (Wildman–Crippen LogP) is 6.57. The van der Waals surface area contributed by atoms with Crippen LogP contribution in [0.25, 0.3) is 17.1 Å². The SMILES string of the molecule is CCOc1ccccc1N1CCCSC1=NN=Cc1ccc(-c2ncn(-c3ccc(OC(F)(F)F)cc3)n2)cc1. The number of amidine groups is 1. The standard InChI is InChI=1S/C28H25F3N6O2S/c1-2-38-25-7-4-3-6-24(25)36-16-5-17-40-27(36)34-33-18-20-8-10-21(11-9-20)26-32-19-37(35-26)22-12-14-23(15-13-22)39-28(29,30)31/h3-4,6-15,18-19H,2,5,16-17H2,1H3. The maximum atomic E-state index is 12.4. The Kier molecular flexibility index (Phi) is 8.34. The van der Waals surface area contributed by atoms with Gasteiger partial charge in [-0.2, -0.15) is 5.10 Å². The van der Waals surface area contributed by atoms with Gasteiger partial charge >= 0.3 is 6.36 Å². The lowest BCUT2D eigenvalue weighted by Crippen LogP contribution is -2.34. The largest absolute Gasteiger partial charge is 0.573 e. The molecule has 5 rings (SSSR count). The van der Waals surface area contributed by atoms with Gasteiger partial charge in [-0.1, -0.05) is 48.2 Å². The number of ether oxygens (including phenoxy) is 2. The number of thioether (sulfide) groups is 1. The van der Waals surface area contributed by atoms with Crippen LogP contribution in [0.5, 0.6) is 11.5 Å². The van der Waals surface area contributed by atoms with Crippen molar-refractivity contribution in [1.29, 1.82) is 0 Å². The Labute approximate surface area is 233 Å². The van der Waals surface area contributed by atoms with Crippen molar-refractivity contribution in [2.45, 2.75) is 19.7 Å². The second-order valence-corrected chi connectivity index (χ2v) is 9.62. The van der Waals surface area contributed by atoms with E-state index in [1.807, 2.05) is 55.5 Å². The van der Waals surface area contributed by atoms with Crippen LogP contribution >= 0.6 is 11.8 Å². The van der Waals surface area contributed by atoms with Gasteiger partial charge in [0.05, 0.1) is 24.2 Å². The number of nitrogens with zero attached hydrogens (tertiary/aromatic N) is 6. The minimum atomic E-state index is -4.74. The fraction of sp³-hybridized carbons (Fsp3) is 0.214. The molecule has 0 spiro atoms. The van der Waals surface area contributed by atoms with E-state index in [0.29, 0.717) is 18.1 Å². The summed E-state index contributed by atoms with van der Waals surface area (Å²) >= 11 is 1.66. The third-order valence-corrected chi connectivity index (χ3v) is 6.84. The van der Waals surface area contributed by atoms with Crippen LogP contribution in [0.15, 0.2) is 89.3 Å². The average molecular weight is 567 g/mol. The van der Waals surface area contributed by atoms with E-state index >= 15 is 0 Å². The molecule has 2 heterocycles. The Hall–Kier alpha value is -4.32. The molecule has 1 aliphatic rings. The van der Waals surface area contributed by atoms with Gasteiger partial charge in [-0.05, 0) is 55.3 Å². The molecular formula is C28H25F3N6O2S. The van der Waals surface area contributed by atoms with E-state index in [-0.39, 0.29) is 5.75 Å². The first-order valence-electron chi connectivity index (χ1n) is 12.5. The molecule has 40 heavy (non-hydrogen) atoms. The zero-order chi connectivity index (χ0) is 28.0. The first-order chi connectivity index (χ1) is 19.4. The Morgan fingerprint density at radius 3 is 2.55 bits per heavy atom. The molecule has 0 radical (unpaired) electrons. The van der Waals surface area contributed by atoms with E-state index in [1.165, 1.54) is 35.3 Å². The van der Waals surface area contributed by atoms with Gasteiger partial charge < -0.3 is 14.4 Å². The Morgan fingerprint density at radius 2 is 1.80 bits per heavy atom. The lowest BCUT2D eigenvalue weighted by atomic mass is 10.1. The number of alkyl halides is 3. The monoisotopic (exact) mass is 566 g/mol. The van der Waals surface area contributed by atoms with Gasteiger partial charge in [-0.3, -0.25) is 0 Å². The fourth-order valence-electron chi connectivity index (χ4n) is 4.01. The van der Waals surface area contributed by atoms with Crippen LogP contribution in [0.4, 0.5) is 18.9 Å². The molecule has 0 aliphatic carbocycles. The van der Waals surface area contributed by atoms with Gasteiger partial charge in [-0.15, -0.1) is 23.4 Å². The number of aromatic nitrogens is 3. The van der Waals surface area contributed by atoms with E-state index in [1.54, 1.807) is 18.0 Å². The molecular weight excluding hydrogens is 541 g/mol. The summed E-state index contributed by atoms with van der Waals surface area (Å²) in [4.78, 5) is 6.46. The van der Waals surface area contributed by atoms with Gasteiger partial charge in [-0.25, -0.2) is 9.67 Å². The smallest absolute Gasteiger partial charge is 0.492 e. The van der Waals surface area contributed by atoms with Crippen molar-refractivity contribution >= 4 is 28.8 Å². The minimum Gasteiger partial charge on any atom is -0.492 e. The molecule has 1 aromatic heterocycles. The van der Waals surface area contributed by atoms with E-state index < -0.39 is 6.36 Å². The molecule has 0 N–H and O–H groups in total. The van der Waals surface area contributed by atoms with Crippen molar-refractivity contribution in [1.82, 2.24) is 14.8 Å². The topological polar surface area (TPSA) is 77.1 Å². The first-order valence-corrected chi connectivity index (χ1v) is 13.5. The molecule has 8 nitrogen and oxygen atoms in total. The summed E-state index contributed by atoms with van der Waals surface area (Å²) in [5.74, 6) is 1.97. The highest BCUT2D eigenvalue weighted by Crippen LogP contribution is 2.33. The highest BCUT2D eigenvalue weighted by molar-refractivity contribution is 8.14. The lowest BCUT2D eigenvalue weighted by molar-refractivity contribution is -0.274. The molecule has 12 heteroatoms. The average Bonchev–Trinajstić information content (AvgIpc) is 3.44. The molecule has 0 bridgehead atoms. The molecule has 1 fully saturated rings. The summed E-state index contributed by atoms with van der Waals surface area (Å²) in [6, 6.07) is 20.8. The number of benzene rings is 3. The molecule has 0 atom stereocenters. The number of para-hydroxylation sites is 2. The van der Waals surface area contributed by atoms with Crippen LogP contribution in [0.3, 0.4) is 0 Å². The van der Waals surface area contributed by atoms with E-state index in [0.717, 1.165) is 46.4 Å². The maximum absolute atomic E-state index is 12.4. The number of anilines is 1. The third kappa shape index (κ3) is 6.81. The quantitative estimate of drug-likeness (QED) is 0.178. The van der Waals surface area contributed by atoms with Crippen molar-refractivity contribution in [3.8, 4) is 28.6 Å². The fourth-order valence-corrected chi connectivity index (χ4v) is 4.91. The maximum Gasteiger partial charge on any atom is 0.573 e. The lowest BCUT2D eigenvalue weighted by Gasteiger charge is -2.30. The first kappa shape index (κ1) is 27.3. The second kappa shape index (κ2) is 12.2. The van der Waals surface area contributed by atoms with E-state index in [2.05, 4.69) is 29.9 Å². The summed E-state index contributed by atoms with van der Waals surface area (Å²) < 4.78 is 48.3. The molecule has 206 valence electrons. The normalized spacial score (nSPS) is 15.1. The van der Waals surface area contributed by atoms with Gasteiger partial charge in [0, 0.05) is 17.9 Å². The predicted molar refractivity (Wildman–Crippen MR) is 151 cm³/mol. The summed E-state index contributed by atoms with van der Waals surface area (Å²) in [5, 5.41) is 14.1. The molecule has 0 amide bonds. The van der Waals surface area contributed by atoms with Crippen LogP contribution in [0, 0.1) is 0 Å². The van der Waals surface area contributed by atoms with Crippen LogP contribution < -0.4 is 14.4 Å².